The van der Waals surface area contributed by atoms with Gasteiger partial charge in [0, 0.05) is 12.6 Å². The Balaban J connectivity index is 1.84. The molecule has 0 amide bonds. The highest BCUT2D eigenvalue weighted by atomic mass is 32.2. The summed E-state index contributed by atoms with van der Waals surface area (Å²) >= 11 is 1.79. The Kier molecular flexibility index (Phi) is 6.10. The Labute approximate surface area is 123 Å². The number of halogens is 2. The predicted octanol–water partition coefficient (Wildman–Crippen LogP) is 3.74. The molecule has 0 heterocycles. The maximum Gasteiger partial charge on any atom is 0.190 e. The van der Waals surface area contributed by atoms with Crippen molar-refractivity contribution in [1.29, 1.82) is 0 Å². The van der Waals surface area contributed by atoms with Crippen molar-refractivity contribution in [3.8, 4) is 5.75 Å². The lowest BCUT2D eigenvalue weighted by Gasteiger charge is -2.10. The van der Waals surface area contributed by atoms with E-state index in [4.69, 9.17) is 4.74 Å². The molecule has 0 aromatic heterocycles. The largest absolute Gasteiger partial charge is 0.488 e. The molecule has 1 aliphatic rings. The standard InChI is InChI=1S/C15H21F2NOS/c1-2-20-7-3-6-19-15-13(16)8-11(9-14(15)17)10-18-12-4-5-12/h8-9,12,18H,2-7,10H2,1H3. The molecule has 1 aliphatic carbocycles. The second-order valence-electron chi connectivity index (χ2n) is 4.94. The van der Waals surface area contributed by atoms with Crippen molar-refractivity contribution in [2.75, 3.05) is 18.1 Å². The van der Waals surface area contributed by atoms with Gasteiger partial charge in [0.2, 0.25) is 0 Å². The molecule has 0 unspecified atom stereocenters. The molecular formula is C15H21F2NOS. The number of ether oxygens (including phenoxy) is 1. The summed E-state index contributed by atoms with van der Waals surface area (Å²) in [6.07, 6.45) is 3.10. The molecule has 1 fully saturated rings. The van der Waals surface area contributed by atoms with Gasteiger partial charge in [-0.05, 0) is 48.5 Å². The van der Waals surface area contributed by atoms with Crippen LogP contribution >= 0.6 is 11.8 Å². The highest BCUT2D eigenvalue weighted by molar-refractivity contribution is 7.99. The lowest BCUT2D eigenvalue weighted by molar-refractivity contribution is 0.285. The molecule has 2 rings (SSSR count). The molecule has 1 aromatic carbocycles. The second kappa shape index (κ2) is 7.84. The van der Waals surface area contributed by atoms with Crippen molar-refractivity contribution in [1.82, 2.24) is 5.32 Å². The van der Waals surface area contributed by atoms with Gasteiger partial charge in [0.15, 0.2) is 17.4 Å². The minimum absolute atomic E-state index is 0.248. The molecule has 112 valence electrons. The highest BCUT2D eigenvalue weighted by Gasteiger charge is 2.20. The van der Waals surface area contributed by atoms with E-state index in [9.17, 15) is 8.78 Å². The van der Waals surface area contributed by atoms with Gasteiger partial charge in [-0.3, -0.25) is 0 Å². The first-order chi connectivity index (χ1) is 9.70. The average Bonchev–Trinajstić information content (AvgIpc) is 3.23. The van der Waals surface area contributed by atoms with E-state index in [-0.39, 0.29) is 5.75 Å². The third-order valence-electron chi connectivity index (χ3n) is 3.11. The summed E-state index contributed by atoms with van der Waals surface area (Å²) in [5, 5.41) is 3.24. The quantitative estimate of drug-likeness (QED) is 0.702. The molecular weight excluding hydrogens is 280 g/mol. The van der Waals surface area contributed by atoms with Crippen LogP contribution in [0.15, 0.2) is 12.1 Å². The number of rotatable bonds is 9. The van der Waals surface area contributed by atoms with E-state index in [0.29, 0.717) is 24.8 Å². The topological polar surface area (TPSA) is 21.3 Å². The van der Waals surface area contributed by atoms with Crippen LogP contribution in [-0.4, -0.2) is 24.2 Å². The van der Waals surface area contributed by atoms with E-state index < -0.39 is 11.6 Å². The minimum Gasteiger partial charge on any atom is -0.488 e. The fraction of sp³-hybridized carbons (Fsp3) is 0.600. The maximum absolute atomic E-state index is 13.8. The van der Waals surface area contributed by atoms with Crippen LogP contribution in [0, 0.1) is 11.6 Å². The fourth-order valence-corrected chi connectivity index (χ4v) is 2.49. The number of benzene rings is 1. The summed E-state index contributed by atoms with van der Waals surface area (Å²) in [5.41, 5.74) is 0.626. The van der Waals surface area contributed by atoms with Gasteiger partial charge in [0.1, 0.15) is 0 Å². The summed E-state index contributed by atoms with van der Waals surface area (Å²) in [6, 6.07) is 3.23. The van der Waals surface area contributed by atoms with Gasteiger partial charge in [-0.25, -0.2) is 8.78 Å². The van der Waals surface area contributed by atoms with Crippen molar-refractivity contribution >= 4 is 11.8 Å². The Morgan fingerprint density at radius 3 is 2.60 bits per heavy atom. The zero-order valence-electron chi connectivity index (χ0n) is 11.8. The van der Waals surface area contributed by atoms with Gasteiger partial charge < -0.3 is 10.1 Å². The first-order valence-corrected chi connectivity index (χ1v) is 8.28. The fourth-order valence-electron chi connectivity index (χ4n) is 1.88. The third-order valence-corrected chi connectivity index (χ3v) is 4.10. The normalized spacial score (nSPS) is 14.6. The van der Waals surface area contributed by atoms with Gasteiger partial charge in [-0.15, -0.1) is 0 Å². The van der Waals surface area contributed by atoms with Crippen LogP contribution in [0.1, 0.15) is 31.7 Å². The molecule has 0 bridgehead atoms. The number of hydrogen-bond acceptors (Lipinski definition) is 3. The van der Waals surface area contributed by atoms with Crippen LogP contribution in [0.25, 0.3) is 0 Å². The molecule has 0 spiro atoms. The van der Waals surface area contributed by atoms with Crippen LogP contribution < -0.4 is 10.1 Å². The van der Waals surface area contributed by atoms with E-state index >= 15 is 0 Å². The van der Waals surface area contributed by atoms with E-state index in [1.54, 1.807) is 11.8 Å². The van der Waals surface area contributed by atoms with E-state index in [2.05, 4.69) is 12.2 Å². The van der Waals surface area contributed by atoms with E-state index in [1.165, 1.54) is 12.1 Å². The van der Waals surface area contributed by atoms with Crippen LogP contribution in [0.4, 0.5) is 8.78 Å². The molecule has 0 saturated heterocycles. The summed E-state index contributed by atoms with van der Waals surface area (Å²) < 4.78 is 32.9. The molecule has 5 heteroatoms. The Morgan fingerprint density at radius 2 is 2.00 bits per heavy atom. The van der Waals surface area contributed by atoms with Gasteiger partial charge >= 0.3 is 0 Å². The smallest absolute Gasteiger partial charge is 0.190 e. The van der Waals surface area contributed by atoms with Crippen LogP contribution in [0.2, 0.25) is 0 Å². The lowest BCUT2D eigenvalue weighted by atomic mass is 10.2. The Bertz CT molecular complexity index is 415. The molecule has 0 atom stereocenters. The lowest BCUT2D eigenvalue weighted by Crippen LogP contribution is -2.15. The first kappa shape index (κ1) is 15.6. The van der Waals surface area contributed by atoms with Crippen molar-refractivity contribution in [3.05, 3.63) is 29.3 Å². The summed E-state index contributed by atoms with van der Waals surface area (Å²) in [6.45, 7) is 2.94. The third kappa shape index (κ3) is 4.94. The van der Waals surface area contributed by atoms with Crippen molar-refractivity contribution in [2.24, 2.45) is 0 Å². The van der Waals surface area contributed by atoms with Gasteiger partial charge in [0.25, 0.3) is 0 Å². The Hall–Kier alpha value is -0.810. The molecule has 20 heavy (non-hydrogen) atoms. The van der Waals surface area contributed by atoms with E-state index in [1.807, 2.05) is 0 Å². The molecule has 1 saturated carbocycles. The molecule has 0 aliphatic heterocycles. The van der Waals surface area contributed by atoms with Crippen molar-refractivity contribution in [2.45, 2.75) is 38.8 Å². The number of thioether (sulfide) groups is 1. The molecule has 0 radical (unpaired) electrons. The minimum atomic E-state index is -0.610. The monoisotopic (exact) mass is 301 g/mol. The first-order valence-electron chi connectivity index (χ1n) is 7.12. The summed E-state index contributed by atoms with van der Waals surface area (Å²) in [7, 11) is 0. The molecule has 2 nitrogen and oxygen atoms in total. The van der Waals surface area contributed by atoms with Crippen molar-refractivity contribution in [3.63, 3.8) is 0 Å². The average molecular weight is 301 g/mol. The molecule has 1 aromatic rings. The zero-order valence-corrected chi connectivity index (χ0v) is 12.6. The van der Waals surface area contributed by atoms with Crippen LogP contribution in [0.3, 0.4) is 0 Å². The SMILES string of the molecule is CCSCCCOc1c(F)cc(CNC2CC2)cc1F. The van der Waals surface area contributed by atoms with Crippen LogP contribution in [-0.2, 0) is 6.54 Å². The predicted molar refractivity (Wildman–Crippen MR) is 79.3 cm³/mol. The van der Waals surface area contributed by atoms with Crippen LogP contribution in [0.5, 0.6) is 5.75 Å². The van der Waals surface area contributed by atoms with Gasteiger partial charge in [0.05, 0.1) is 6.61 Å². The van der Waals surface area contributed by atoms with E-state index in [0.717, 1.165) is 30.8 Å². The summed E-state index contributed by atoms with van der Waals surface area (Å²) in [5.74, 6) is 0.525. The maximum atomic E-state index is 13.8. The second-order valence-corrected chi connectivity index (χ2v) is 6.34. The molecule has 1 N–H and O–H groups in total. The number of nitrogens with one attached hydrogen (secondary N) is 1. The number of hydrogen-bond donors (Lipinski definition) is 1. The summed E-state index contributed by atoms with van der Waals surface area (Å²) in [4.78, 5) is 0. The Morgan fingerprint density at radius 1 is 1.30 bits per heavy atom. The van der Waals surface area contributed by atoms with Crippen molar-refractivity contribution < 1.29 is 13.5 Å². The zero-order chi connectivity index (χ0) is 14.4. The van der Waals surface area contributed by atoms with Gasteiger partial charge in [-0.1, -0.05) is 6.92 Å². The van der Waals surface area contributed by atoms with Gasteiger partial charge in [-0.2, -0.15) is 11.8 Å². The highest BCUT2D eigenvalue weighted by Crippen LogP contribution is 2.25.